The molecule has 0 N–H and O–H groups in total. The van der Waals surface area contributed by atoms with Gasteiger partial charge in [0.05, 0.1) is 15.7 Å². The molecule has 5 aromatic rings. The quantitative estimate of drug-likeness (QED) is 0.434. The van der Waals surface area contributed by atoms with Crippen LogP contribution >= 0.6 is 11.3 Å². The molecule has 0 unspecified atom stereocenters. The molecule has 4 aromatic heterocycles. The minimum absolute atomic E-state index is 1.01. The topological polar surface area (TPSA) is 38.7 Å². The molecule has 4 heterocycles. The number of para-hydroxylation sites is 1. The van der Waals surface area contributed by atoms with E-state index in [0.717, 1.165) is 42.5 Å². The number of hydrogen-bond acceptors (Lipinski definition) is 4. The Bertz CT molecular complexity index is 1170. The van der Waals surface area contributed by atoms with Crippen molar-refractivity contribution >= 4 is 42.7 Å². The fourth-order valence-electron chi connectivity index (χ4n) is 3.06. The highest BCUT2D eigenvalue weighted by Crippen LogP contribution is 2.39. The Balaban J connectivity index is 1.96. The van der Waals surface area contributed by atoms with Crippen molar-refractivity contribution in [1.29, 1.82) is 0 Å². The van der Waals surface area contributed by atoms with E-state index in [-0.39, 0.29) is 0 Å². The first kappa shape index (κ1) is 12.7. The van der Waals surface area contributed by atoms with Crippen molar-refractivity contribution in [2.24, 2.45) is 0 Å². The molecule has 0 bridgehead atoms. The smallest absolute Gasteiger partial charge is 0.126 e. The molecule has 0 radical (unpaired) electrons. The highest BCUT2D eigenvalue weighted by atomic mass is 32.1. The third-order valence-electron chi connectivity index (χ3n) is 4.05. The molecule has 0 amide bonds. The number of nitrogens with zero attached hydrogens (tertiary/aromatic N) is 3. The van der Waals surface area contributed by atoms with E-state index in [1.54, 1.807) is 11.3 Å². The molecule has 4 heteroatoms. The van der Waals surface area contributed by atoms with Gasteiger partial charge in [0.25, 0.3) is 0 Å². The second kappa shape index (κ2) is 4.83. The Morgan fingerprint density at radius 2 is 1.48 bits per heavy atom. The van der Waals surface area contributed by atoms with E-state index in [9.17, 15) is 0 Å². The Labute approximate surface area is 136 Å². The van der Waals surface area contributed by atoms with Crippen LogP contribution in [-0.2, 0) is 0 Å². The molecule has 0 aliphatic carbocycles. The Hall–Kier alpha value is -2.85. The number of thiophene rings is 1. The van der Waals surface area contributed by atoms with Gasteiger partial charge in [-0.05, 0) is 29.8 Å². The van der Waals surface area contributed by atoms with Crippen molar-refractivity contribution < 1.29 is 0 Å². The van der Waals surface area contributed by atoms with Crippen LogP contribution in [0.3, 0.4) is 0 Å². The highest BCUT2D eigenvalue weighted by Gasteiger charge is 2.14. The van der Waals surface area contributed by atoms with E-state index in [1.807, 2.05) is 30.7 Å². The lowest BCUT2D eigenvalue weighted by Crippen LogP contribution is -1.86. The van der Waals surface area contributed by atoms with Gasteiger partial charge in [0, 0.05) is 34.9 Å². The fraction of sp³-hybridized carbons (Fsp3) is 0. The monoisotopic (exact) mass is 313 g/mol. The summed E-state index contributed by atoms with van der Waals surface area (Å²) in [6, 6.07) is 16.5. The van der Waals surface area contributed by atoms with Crippen LogP contribution in [0.5, 0.6) is 0 Å². The second-order valence-corrected chi connectivity index (χ2v) is 6.40. The molecule has 5 rings (SSSR count). The minimum atomic E-state index is 1.01. The number of benzene rings is 1. The van der Waals surface area contributed by atoms with Crippen LogP contribution in [0.1, 0.15) is 0 Å². The summed E-state index contributed by atoms with van der Waals surface area (Å²) >= 11 is 1.68. The lowest BCUT2D eigenvalue weighted by atomic mass is 10.00. The van der Waals surface area contributed by atoms with Crippen LogP contribution in [0.15, 0.2) is 67.1 Å². The fourth-order valence-corrected chi connectivity index (χ4v) is 4.09. The normalized spacial score (nSPS) is 11.5. The summed E-state index contributed by atoms with van der Waals surface area (Å²) in [6.07, 6.45) is 5.55. The van der Waals surface area contributed by atoms with E-state index < -0.39 is 0 Å². The molecule has 0 fully saturated rings. The van der Waals surface area contributed by atoms with Crippen LogP contribution in [0.4, 0.5) is 0 Å². The molecule has 0 saturated carbocycles. The number of pyridine rings is 3. The molecular formula is C19H11N3S. The lowest BCUT2D eigenvalue weighted by Gasteiger charge is -2.07. The van der Waals surface area contributed by atoms with Crippen LogP contribution in [0.25, 0.3) is 42.5 Å². The van der Waals surface area contributed by atoms with Crippen molar-refractivity contribution in [1.82, 2.24) is 15.0 Å². The van der Waals surface area contributed by atoms with Gasteiger partial charge >= 0.3 is 0 Å². The molecule has 0 atom stereocenters. The maximum Gasteiger partial charge on any atom is 0.126 e. The van der Waals surface area contributed by atoms with Crippen molar-refractivity contribution in [2.75, 3.05) is 0 Å². The third-order valence-corrected chi connectivity index (χ3v) is 5.11. The highest BCUT2D eigenvalue weighted by molar-refractivity contribution is 7.25. The van der Waals surface area contributed by atoms with Gasteiger partial charge in [-0.15, -0.1) is 11.3 Å². The molecule has 108 valence electrons. The van der Waals surface area contributed by atoms with Crippen molar-refractivity contribution in [3.05, 3.63) is 67.1 Å². The van der Waals surface area contributed by atoms with Gasteiger partial charge in [-0.25, -0.2) is 4.98 Å². The Morgan fingerprint density at radius 3 is 2.43 bits per heavy atom. The molecule has 1 aromatic carbocycles. The second-order valence-electron chi connectivity index (χ2n) is 5.37. The summed E-state index contributed by atoms with van der Waals surface area (Å²) in [5.41, 5.74) is 4.30. The van der Waals surface area contributed by atoms with Crippen molar-refractivity contribution in [3.63, 3.8) is 0 Å². The summed E-state index contributed by atoms with van der Waals surface area (Å²) in [5.74, 6) is 0. The van der Waals surface area contributed by atoms with Crippen LogP contribution in [-0.4, -0.2) is 15.0 Å². The summed E-state index contributed by atoms with van der Waals surface area (Å²) in [6.45, 7) is 0. The summed E-state index contributed by atoms with van der Waals surface area (Å²) < 4.78 is 1.16. The maximum atomic E-state index is 4.59. The lowest BCUT2D eigenvalue weighted by molar-refractivity contribution is 1.40. The van der Waals surface area contributed by atoms with Gasteiger partial charge < -0.3 is 0 Å². The summed E-state index contributed by atoms with van der Waals surface area (Å²) in [4.78, 5) is 14.7. The van der Waals surface area contributed by atoms with E-state index in [2.05, 4.69) is 51.4 Å². The Kier molecular flexibility index (Phi) is 2.66. The largest absolute Gasteiger partial charge is 0.256 e. The summed E-state index contributed by atoms with van der Waals surface area (Å²) in [5, 5.41) is 2.26. The first-order valence-corrected chi connectivity index (χ1v) is 8.20. The molecule has 3 nitrogen and oxygen atoms in total. The Morgan fingerprint density at radius 1 is 0.652 bits per heavy atom. The molecule has 0 spiro atoms. The van der Waals surface area contributed by atoms with E-state index in [4.69, 9.17) is 0 Å². The van der Waals surface area contributed by atoms with Gasteiger partial charge in [0.1, 0.15) is 4.83 Å². The molecule has 23 heavy (non-hydrogen) atoms. The predicted molar refractivity (Wildman–Crippen MR) is 95.7 cm³/mol. The van der Waals surface area contributed by atoms with E-state index in [0.29, 0.717) is 0 Å². The average molecular weight is 313 g/mol. The first-order chi connectivity index (χ1) is 11.4. The van der Waals surface area contributed by atoms with E-state index in [1.165, 1.54) is 0 Å². The molecular weight excluding hydrogens is 302 g/mol. The van der Waals surface area contributed by atoms with Crippen molar-refractivity contribution in [2.45, 2.75) is 0 Å². The molecule has 0 aliphatic heterocycles. The van der Waals surface area contributed by atoms with Gasteiger partial charge in [0.15, 0.2) is 0 Å². The van der Waals surface area contributed by atoms with Gasteiger partial charge in [-0.3, -0.25) is 9.97 Å². The first-order valence-electron chi connectivity index (χ1n) is 7.38. The van der Waals surface area contributed by atoms with E-state index >= 15 is 0 Å². The SMILES string of the molecule is c1cnc2c(-c3ccnc4sc5cccnc5c34)cccc2c1. The van der Waals surface area contributed by atoms with Gasteiger partial charge in [-0.2, -0.15) is 0 Å². The zero-order chi connectivity index (χ0) is 15.2. The predicted octanol–water partition coefficient (Wildman–Crippen LogP) is 5.06. The van der Waals surface area contributed by atoms with Crippen LogP contribution in [0, 0.1) is 0 Å². The van der Waals surface area contributed by atoms with Crippen LogP contribution < -0.4 is 0 Å². The molecule has 0 saturated heterocycles. The molecule has 0 aliphatic rings. The standard InChI is InChI=1S/C19H11N3S/c1-4-12-5-2-9-20-17(12)14(6-1)13-8-11-22-19-16(13)18-15(23-19)7-3-10-21-18/h1-11H. The van der Waals surface area contributed by atoms with Crippen LogP contribution in [0.2, 0.25) is 0 Å². The third kappa shape index (κ3) is 1.85. The summed E-state index contributed by atoms with van der Waals surface area (Å²) in [7, 11) is 0. The van der Waals surface area contributed by atoms with Gasteiger partial charge in [0.2, 0.25) is 0 Å². The number of aromatic nitrogens is 3. The maximum absolute atomic E-state index is 4.59. The zero-order valence-corrected chi connectivity index (χ0v) is 12.9. The minimum Gasteiger partial charge on any atom is -0.256 e. The number of rotatable bonds is 1. The number of fused-ring (bicyclic) bond motifs is 4. The zero-order valence-electron chi connectivity index (χ0n) is 12.1. The average Bonchev–Trinajstić information content (AvgIpc) is 3.00. The van der Waals surface area contributed by atoms with Gasteiger partial charge in [-0.1, -0.05) is 24.3 Å². The van der Waals surface area contributed by atoms with Crippen molar-refractivity contribution in [3.8, 4) is 11.1 Å². The number of hydrogen-bond donors (Lipinski definition) is 0.